The van der Waals surface area contributed by atoms with Crippen LogP contribution < -0.4 is 0 Å². The van der Waals surface area contributed by atoms with Crippen molar-refractivity contribution in [2.45, 2.75) is 25.4 Å². The minimum absolute atomic E-state index is 0.143. The fourth-order valence-electron chi connectivity index (χ4n) is 4.72. The first-order valence-corrected chi connectivity index (χ1v) is 9.91. The van der Waals surface area contributed by atoms with Crippen molar-refractivity contribution in [1.29, 1.82) is 0 Å². The molecule has 1 amide bonds. The maximum absolute atomic E-state index is 13.2. The summed E-state index contributed by atoms with van der Waals surface area (Å²) in [6.45, 7) is 3.78. The molecule has 2 aromatic carbocycles. The van der Waals surface area contributed by atoms with Crippen LogP contribution in [0.15, 0.2) is 60.7 Å². The quantitative estimate of drug-likeness (QED) is 0.770. The normalized spacial score (nSPS) is 22.9. The van der Waals surface area contributed by atoms with Crippen LogP contribution in [0.3, 0.4) is 0 Å². The highest BCUT2D eigenvalue weighted by Crippen LogP contribution is 2.30. The van der Waals surface area contributed by atoms with E-state index in [4.69, 9.17) is 0 Å². The minimum atomic E-state index is 0.143. The van der Waals surface area contributed by atoms with E-state index in [0.29, 0.717) is 17.7 Å². The van der Waals surface area contributed by atoms with Gasteiger partial charge in [0, 0.05) is 43.1 Å². The maximum atomic E-state index is 13.2. The van der Waals surface area contributed by atoms with Gasteiger partial charge in [-0.3, -0.25) is 9.69 Å². The predicted octanol–water partition coefficient (Wildman–Crippen LogP) is 3.90. The lowest BCUT2D eigenvalue weighted by Crippen LogP contribution is -2.43. The van der Waals surface area contributed by atoms with Crippen LogP contribution in [-0.4, -0.2) is 46.4 Å². The molecule has 4 nitrogen and oxygen atoms in total. The van der Waals surface area contributed by atoms with E-state index in [1.165, 1.54) is 18.4 Å². The molecule has 3 aromatic rings. The van der Waals surface area contributed by atoms with Gasteiger partial charge in [-0.25, -0.2) is 0 Å². The molecule has 6 rings (SSSR count). The third kappa shape index (κ3) is 3.26. The molecule has 27 heavy (non-hydrogen) atoms. The smallest absolute Gasteiger partial charge is 0.270 e. The van der Waals surface area contributed by atoms with Crippen LogP contribution in [0, 0.1) is 5.92 Å². The van der Waals surface area contributed by atoms with E-state index >= 15 is 0 Å². The average molecular weight is 359 g/mol. The average Bonchev–Trinajstić information content (AvgIpc) is 2.93. The van der Waals surface area contributed by atoms with Crippen LogP contribution in [0.2, 0.25) is 0 Å². The Labute approximate surface area is 159 Å². The zero-order valence-electron chi connectivity index (χ0n) is 15.5. The standard InChI is InChI=1S/C23H25N3O/c27-23(22-12-19-8-4-5-9-21(19)24-22)26-15-18-10-11-20(16-26)25(14-18)13-17-6-2-1-3-7-17/h1-9,12,18,20,24H,10-11,13-16H2/t18-,20-/m0/s1. The maximum Gasteiger partial charge on any atom is 0.270 e. The third-order valence-corrected chi connectivity index (χ3v) is 6.10. The van der Waals surface area contributed by atoms with E-state index in [-0.39, 0.29) is 5.91 Å². The number of para-hydroxylation sites is 1. The molecular formula is C23H25N3O. The summed E-state index contributed by atoms with van der Waals surface area (Å²) < 4.78 is 0. The molecule has 0 unspecified atom stereocenters. The van der Waals surface area contributed by atoms with Crippen LogP contribution >= 0.6 is 0 Å². The first kappa shape index (κ1) is 16.6. The van der Waals surface area contributed by atoms with E-state index in [2.05, 4.69) is 51.2 Å². The molecule has 3 fully saturated rings. The summed E-state index contributed by atoms with van der Waals surface area (Å²) in [6, 6.07) is 21.2. The van der Waals surface area contributed by atoms with Gasteiger partial charge in [0.2, 0.25) is 0 Å². The number of amides is 1. The third-order valence-electron chi connectivity index (χ3n) is 6.10. The number of hydrogen-bond acceptors (Lipinski definition) is 2. The fraction of sp³-hybridized carbons (Fsp3) is 0.348. The molecule has 1 N–H and O–H groups in total. The number of carbonyl (C=O) groups excluding carboxylic acids is 1. The van der Waals surface area contributed by atoms with Gasteiger partial charge >= 0.3 is 0 Å². The second-order valence-electron chi connectivity index (χ2n) is 7.99. The van der Waals surface area contributed by atoms with Gasteiger partial charge < -0.3 is 9.88 Å². The predicted molar refractivity (Wildman–Crippen MR) is 108 cm³/mol. The second-order valence-corrected chi connectivity index (χ2v) is 7.99. The topological polar surface area (TPSA) is 39.3 Å². The number of fused-ring (bicyclic) bond motifs is 5. The number of rotatable bonds is 3. The summed E-state index contributed by atoms with van der Waals surface area (Å²) in [5.41, 5.74) is 3.11. The molecule has 4 heteroatoms. The van der Waals surface area contributed by atoms with Crippen molar-refractivity contribution < 1.29 is 4.79 Å². The lowest BCUT2D eigenvalue weighted by Gasteiger charge is -2.36. The van der Waals surface area contributed by atoms with E-state index in [1.807, 2.05) is 24.3 Å². The van der Waals surface area contributed by atoms with Crippen molar-refractivity contribution in [3.05, 3.63) is 71.9 Å². The van der Waals surface area contributed by atoms with E-state index in [1.54, 1.807) is 0 Å². The van der Waals surface area contributed by atoms with Gasteiger partial charge in [-0.2, -0.15) is 0 Å². The molecule has 2 atom stereocenters. The van der Waals surface area contributed by atoms with Gasteiger partial charge in [0.25, 0.3) is 5.91 Å². The van der Waals surface area contributed by atoms with E-state index in [0.717, 1.165) is 37.1 Å². The van der Waals surface area contributed by atoms with Crippen molar-refractivity contribution in [3.63, 3.8) is 0 Å². The van der Waals surface area contributed by atoms with Crippen molar-refractivity contribution in [1.82, 2.24) is 14.8 Å². The van der Waals surface area contributed by atoms with Crippen LogP contribution in [0.1, 0.15) is 28.9 Å². The molecule has 0 saturated carbocycles. The van der Waals surface area contributed by atoms with Crippen LogP contribution in [0.25, 0.3) is 10.9 Å². The highest BCUT2D eigenvalue weighted by molar-refractivity contribution is 5.98. The molecule has 3 aliphatic heterocycles. The number of nitrogens with one attached hydrogen (secondary N) is 1. The Balaban J connectivity index is 1.35. The summed E-state index contributed by atoms with van der Waals surface area (Å²) >= 11 is 0. The zero-order chi connectivity index (χ0) is 18.2. The summed E-state index contributed by atoms with van der Waals surface area (Å²) in [7, 11) is 0. The van der Waals surface area contributed by atoms with Gasteiger partial charge in [-0.05, 0) is 36.5 Å². The van der Waals surface area contributed by atoms with E-state index in [9.17, 15) is 4.79 Å². The van der Waals surface area contributed by atoms with Crippen molar-refractivity contribution in [2.75, 3.05) is 19.6 Å². The lowest BCUT2D eigenvalue weighted by atomic mass is 9.94. The zero-order valence-corrected chi connectivity index (χ0v) is 15.5. The molecule has 1 aromatic heterocycles. The number of nitrogens with zero attached hydrogens (tertiary/aromatic N) is 2. The Morgan fingerprint density at radius 3 is 2.63 bits per heavy atom. The SMILES string of the molecule is O=C(c1cc2ccccc2[nH]1)N1C[C@H]2CC[C@@H](C1)N(Cc1ccccc1)C2. The summed E-state index contributed by atoms with van der Waals surface area (Å²) in [5, 5.41) is 1.10. The molecule has 0 aliphatic carbocycles. The van der Waals surface area contributed by atoms with E-state index < -0.39 is 0 Å². The molecule has 4 heterocycles. The molecule has 3 aliphatic rings. The summed E-state index contributed by atoms with van der Waals surface area (Å²) in [6.07, 6.45) is 2.42. The van der Waals surface area contributed by atoms with Crippen LogP contribution in [0.4, 0.5) is 0 Å². The molecule has 3 saturated heterocycles. The number of H-pyrrole nitrogens is 1. The van der Waals surface area contributed by atoms with Crippen LogP contribution in [0.5, 0.6) is 0 Å². The first-order valence-electron chi connectivity index (χ1n) is 9.91. The monoisotopic (exact) mass is 359 g/mol. The number of benzene rings is 2. The highest BCUT2D eigenvalue weighted by Gasteiger charge is 2.36. The van der Waals surface area contributed by atoms with Crippen molar-refractivity contribution >= 4 is 16.8 Å². The molecule has 138 valence electrons. The molecule has 0 radical (unpaired) electrons. The fourth-order valence-corrected chi connectivity index (χ4v) is 4.72. The number of piperidine rings is 1. The molecular weight excluding hydrogens is 334 g/mol. The Morgan fingerprint density at radius 1 is 0.963 bits per heavy atom. The Bertz CT molecular complexity index is 915. The highest BCUT2D eigenvalue weighted by atomic mass is 16.2. The number of carbonyl (C=O) groups is 1. The number of aromatic nitrogens is 1. The van der Waals surface area contributed by atoms with Crippen LogP contribution in [-0.2, 0) is 6.54 Å². The van der Waals surface area contributed by atoms with Gasteiger partial charge in [0.15, 0.2) is 0 Å². The first-order chi connectivity index (χ1) is 13.3. The summed E-state index contributed by atoms with van der Waals surface area (Å²) in [4.78, 5) is 21.2. The largest absolute Gasteiger partial charge is 0.351 e. The Kier molecular flexibility index (Phi) is 4.21. The second kappa shape index (κ2) is 6.86. The minimum Gasteiger partial charge on any atom is -0.351 e. The van der Waals surface area contributed by atoms with Gasteiger partial charge in [0.1, 0.15) is 5.69 Å². The van der Waals surface area contributed by atoms with Crippen molar-refractivity contribution in [2.24, 2.45) is 5.92 Å². The van der Waals surface area contributed by atoms with Gasteiger partial charge in [-0.15, -0.1) is 0 Å². The van der Waals surface area contributed by atoms with Crippen molar-refractivity contribution in [3.8, 4) is 0 Å². The number of aromatic amines is 1. The summed E-state index contributed by atoms with van der Waals surface area (Å²) in [5.74, 6) is 0.713. The van der Waals surface area contributed by atoms with Gasteiger partial charge in [0.05, 0.1) is 0 Å². The molecule has 0 spiro atoms. The molecule has 2 bridgehead atoms. The number of hydrogen-bond donors (Lipinski definition) is 1. The van der Waals surface area contributed by atoms with Gasteiger partial charge in [-0.1, -0.05) is 48.5 Å². The Morgan fingerprint density at radius 2 is 1.78 bits per heavy atom. The Hall–Kier alpha value is -2.59. The lowest BCUT2D eigenvalue weighted by molar-refractivity contribution is 0.0731.